The van der Waals surface area contributed by atoms with E-state index in [9.17, 15) is 9.18 Å². The summed E-state index contributed by atoms with van der Waals surface area (Å²) in [5.41, 5.74) is 2.12. The Kier molecular flexibility index (Phi) is 9.82. The summed E-state index contributed by atoms with van der Waals surface area (Å²) >= 11 is 5.23. The average Bonchev–Trinajstić information content (AvgIpc) is 2.77. The van der Waals surface area contributed by atoms with Crippen molar-refractivity contribution in [3.05, 3.63) is 60.5 Å². The maximum absolute atomic E-state index is 13.1. The van der Waals surface area contributed by atoms with Crippen molar-refractivity contribution in [3.63, 3.8) is 0 Å². The number of hydroxylamine groups is 1. The third-order valence-corrected chi connectivity index (χ3v) is 4.10. The van der Waals surface area contributed by atoms with E-state index in [-0.39, 0.29) is 18.3 Å². The summed E-state index contributed by atoms with van der Waals surface area (Å²) in [6.07, 6.45) is 8.17. The van der Waals surface area contributed by atoms with Gasteiger partial charge in [-0.1, -0.05) is 24.8 Å². The molecule has 2 rings (SSSR count). The number of anilines is 2. The summed E-state index contributed by atoms with van der Waals surface area (Å²) in [7, 11) is 0. The van der Waals surface area contributed by atoms with Crippen LogP contribution in [0.3, 0.4) is 0 Å². The maximum Gasteiger partial charge on any atom is 0.257 e. The first kappa shape index (κ1) is 23.4. The molecule has 1 fully saturated rings. The SMILES string of the molecule is C=C/C(=C\C(F)=C\Cl)OCC(=O)NCCC(=C)Nc1cnc(N2CCCCO2)nc1. The number of carbonyl (C=O) groups excluding carboxylic acids is 1. The molecule has 0 bridgehead atoms. The molecule has 30 heavy (non-hydrogen) atoms. The van der Waals surface area contributed by atoms with Crippen LogP contribution in [0.1, 0.15) is 19.3 Å². The van der Waals surface area contributed by atoms with Crippen LogP contribution in [0.4, 0.5) is 16.0 Å². The van der Waals surface area contributed by atoms with Gasteiger partial charge in [0.05, 0.1) is 24.7 Å². The number of nitrogens with one attached hydrogen (secondary N) is 2. The van der Waals surface area contributed by atoms with Gasteiger partial charge in [-0.05, 0) is 18.9 Å². The Labute approximate surface area is 180 Å². The van der Waals surface area contributed by atoms with Crippen LogP contribution in [0.25, 0.3) is 0 Å². The number of halogens is 2. The number of amides is 1. The highest BCUT2D eigenvalue weighted by molar-refractivity contribution is 6.25. The molecule has 0 saturated carbocycles. The van der Waals surface area contributed by atoms with Crippen LogP contribution in [0.15, 0.2) is 60.5 Å². The first-order chi connectivity index (χ1) is 14.5. The predicted molar refractivity (Wildman–Crippen MR) is 114 cm³/mol. The topological polar surface area (TPSA) is 88.6 Å². The molecular formula is C20H25ClFN5O3. The Morgan fingerprint density at radius 2 is 2.17 bits per heavy atom. The molecule has 1 saturated heterocycles. The van der Waals surface area contributed by atoms with Gasteiger partial charge in [0.2, 0.25) is 5.95 Å². The molecule has 8 nitrogen and oxygen atoms in total. The number of hydrogen-bond acceptors (Lipinski definition) is 7. The monoisotopic (exact) mass is 437 g/mol. The smallest absolute Gasteiger partial charge is 0.257 e. The van der Waals surface area contributed by atoms with Gasteiger partial charge in [-0.2, -0.15) is 0 Å². The molecule has 10 heteroatoms. The molecule has 0 aromatic carbocycles. The Morgan fingerprint density at radius 1 is 1.40 bits per heavy atom. The second-order valence-corrected chi connectivity index (χ2v) is 6.49. The lowest BCUT2D eigenvalue weighted by atomic mass is 10.3. The van der Waals surface area contributed by atoms with Crippen LogP contribution in [-0.4, -0.2) is 42.2 Å². The van der Waals surface area contributed by atoms with Crippen LogP contribution in [0.5, 0.6) is 0 Å². The molecule has 0 atom stereocenters. The lowest BCUT2D eigenvalue weighted by molar-refractivity contribution is -0.124. The van der Waals surface area contributed by atoms with Crippen LogP contribution >= 0.6 is 11.6 Å². The molecule has 0 unspecified atom stereocenters. The van der Waals surface area contributed by atoms with E-state index in [1.165, 1.54) is 6.08 Å². The average molecular weight is 438 g/mol. The molecule has 0 aliphatic carbocycles. The number of allylic oxidation sites excluding steroid dienone is 3. The minimum atomic E-state index is -0.699. The molecule has 0 spiro atoms. The first-order valence-electron chi connectivity index (χ1n) is 9.38. The fraction of sp³-hybridized carbons (Fsp3) is 0.350. The normalized spacial score (nSPS) is 14.8. The van der Waals surface area contributed by atoms with Crippen LogP contribution in [-0.2, 0) is 14.4 Å². The number of aromatic nitrogens is 2. The quantitative estimate of drug-likeness (QED) is 0.404. The fourth-order valence-corrected chi connectivity index (χ4v) is 2.48. The van der Waals surface area contributed by atoms with Crippen molar-refractivity contribution in [3.8, 4) is 0 Å². The van der Waals surface area contributed by atoms with Crippen molar-refractivity contribution in [1.82, 2.24) is 15.3 Å². The zero-order valence-electron chi connectivity index (χ0n) is 16.6. The number of ether oxygens (including phenoxy) is 1. The Balaban J connectivity index is 1.68. The van der Waals surface area contributed by atoms with Gasteiger partial charge in [-0.15, -0.1) is 0 Å². The van der Waals surface area contributed by atoms with Crippen molar-refractivity contribution in [2.45, 2.75) is 19.3 Å². The predicted octanol–water partition coefficient (Wildman–Crippen LogP) is 3.58. The highest BCUT2D eigenvalue weighted by Gasteiger charge is 2.14. The molecule has 1 aromatic heterocycles. The molecule has 2 N–H and O–H groups in total. The van der Waals surface area contributed by atoms with Crippen molar-refractivity contribution in [2.75, 3.05) is 36.7 Å². The van der Waals surface area contributed by atoms with Crippen molar-refractivity contribution in [1.29, 1.82) is 0 Å². The van der Waals surface area contributed by atoms with Gasteiger partial charge in [-0.25, -0.2) is 19.4 Å². The lowest BCUT2D eigenvalue weighted by Crippen LogP contribution is -2.31. The minimum absolute atomic E-state index is 0.101. The third-order valence-electron chi connectivity index (χ3n) is 3.89. The minimum Gasteiger partial charge on any atom is -0.484 e. The molecule has 0 radical (unpaired) electrons. The largest absolute Gasteiger partial charge is 0.484 e. The molecule has 1 aliphatic rings. The fourth-order valence-electron chi connectivity index (χ4n) is 2.42. The van der Waals surface area contributed by atoms with Gasteiger partial charge < -0.3 is 15.4 Å². The molecular weight excluding hydrogens is 413 g/mol. The Morgan fingerprint density at radius 3 is 2.80 bits per heavy atom. The third kappa shape index (κ3) is 8.22. The zero-order chi connectivity index (χ0) is 21.8. The van der Waals surface area contributed by atoms with Gasteiger partial charge in [0, 0.05) is 36.8 Å². The second-order valence-electron chi connectivity index (χ2n) is 6.28. The number of rotatable bonds is 11. The van der Waals surface area contributed by atoms with Crippen molar-refractivity contribution < 1.29 is 18.8 Å². The van der Waals surface area contributed by atoms with Crippen LogP contribution < -0.4 is 15.7 Å². The summed E-state index contributed by atoms with van der Waals surface area (Å²) in [6.45, 7) is 8.91. The highest BCUT2D eigenvalue weighted by atomic mass is 35.5. The number of hydrogen-bond donors (Lipinski definition) is 2. The van der Waals surface area contributed by atoms with Gasteiger partial charge >= 0.3 is 0 Å². The standard InChI is InChI=1S/C20H25ClFN5O3/c1-3-18(10-16(22)11-21)29-14-19(28)23-7-6-15(2)26-17-12-24-20(25-13-17)27-8-4-5-9-30-27/h3,10-13,26H,1-2,4-9,14H2,(H,23,28)/b16-11-,18-10+. The number of nitrogens with zero attached hydrogens (tertiary/aromatic N) is 3. The van der Waals surface area contributed by atoms with E-state index >= 15 is 0 Å². The van der Waals surface area contributed by atoms with Crippen molar-refractivity contribution in [2.24, 2.45) is 0 Å². The van der Waals surface area contributed by atoms with E-state index in [1.807, 2.05) is 0 Å². The van der Waals surface area contributed by atoms with Gasteiger partial charge in [0.25, 0.3) is 5.91 Å². The number of carbonyl (C=O) groups is 1. The van der Waals surface area contributed by atoms with E-state index in [0.717, 1.165) is 31.0 Å². The summed E-state index contributed by atoms with van der Waals surface area (Å²) in [4.78, 5) is 25.9. The van der Waals surface area contributed by atoms with Crippen molar-refractivity contribution >= 4 is 29.1 Å². The van der Waals surface area contributed by atoms with Gasteiger partial charge in [0.15, 0.2) is 6.61 Å². The molecule has 162 valence electrons. The van der Waals surface area contributed by atoms with Gasteiger partial charge in [-0.3, -0.25) is 9.63 Å². The van der Waals surface area contributed by atoms with E-state index in [2.05, 4.69) is 33.8 Å². The summed E-state index contributed by atoms with van der Waals surface area (Å²) in [6, 6.07) is 0. The summed E-state index contributed by atoms with van der Waals surface area (Å²) in [5, 5.41) is 7.46. The zero-order valence-corrected chi connectivity index (χ0v) is 17.3. The maximum atomic E-state index is 13.1. The van der Waals surface area contributed by atoms with E-state index in [4.69, 9.17) is 21.2 Å². The first-order valence-corrected chi connectivity index (χ1v) is 9.82. The van der Waals surface area contributed by atoms with E-state index in [1.54, 1.807) is 17.5 Å². The summed E-state index contributed by atoms with van der Waals surface area (Å²) < 4.78 is 18.2. The van der Waals surface area contributed by atoms with E-state index in [0.29, 0.717) is 36.9 Å². The summed E-state index contributed by atoms with van der Waals surface area (Å²) in [5.74, 6) is -0.439. The molecule has 1 aliphatic heterocycles. The van der Waals surface area contributed by atoms with Crippen LogP contribution in [0.2, 0.25) is 0 Å². The Bertz CT molecular complexity index is 792. The molecule has 1 aromatic rings. The highest BCUT2D eigenvalue weighted by Crippen LogP contribution is 2.16. The Hall–Kier alpha value is -2.91. The van der Waals surface area contributed by atoms with Crippen LogP contribution in [0, 0.1) is 0 Å². The molecule has 2 heterocycles. The van der Waals surface area contributed by atoms with E-state index < -0.39 is 5.83 Å². The molecule has 1 amide bonds. The lowest BCUT2D eigenvalue weighted by Gasteiger charge is -2.25. The second kappa shape index (κ2) is 12.6. The van der Waals surface area contributed by atoms with Gasteiger partial charge in [0.1, 0.15) is 11.6 Å².